The molecular formula is C8H9AsNO5. The second-order valence-corrected chi connectivity index (χ2v) is 6.12. The van der Waals surface area contributed by atoms with Crippen molar-refractivity contribution in [3.63, 3.8) is 0 Å². The van der Waals surface area contributed by atoms with Gasteiger partial charge in [0, 0.05) is 0 Å². The van der Waals surface area contributed by atoms with Crippen molar-refractivity contribution in [3.8, 4) is 5.75 Å². The molecule has 81 valence electrons. The molecule has 0 saturated carbocycles. The molecular weight excluding hydrogens is 265 g/mol. The summed E-state index contributed by atoms with van der Waals surface area (Å²) < 4.78 is 28.4. The predicted molar refractivity (Wildman–Crippen MR) is 51.8 cm³/mol. The molecule has 0 aliphatic heterocycles. The van der Waals surface area contributed by atoms with Crippen LogP contribution >= 0.6 is 0 Å². The predicted octanol–water partition coefficient (Wildman–Crippen LogP) is -1.29. The zero-order chi connectivity index (χ0) is 11.6. The van der Waals surface area contributed by atoms with Crippen LogP contribution < -0.4 is 9.67 Å². The Kier molecular flexibility index (Phi) is 3.24. The molecule has 15 heavy (non-hydrogen) atoms. The summed E-state index contributed by atoms with van der Waals surface area (Å²) in [6, 6.07) is 4.43. The number of rotatable bonds is 2. The van der Waals surface area contributed by atoms with Crippen molar-refractivity contribution in [2.45, 2.75) is 6.92 Å². The minimum absolute atomic E-state index is 0.135. The zero-order valence-corrected chi connectivity index (χ0v) is 9.64. The Labute approximate surface area is 88.6 Å². The van der Waals surface area contributed by atoms with E-state index in [0.29, 0.717) is 0 Å². The van der Waals surface area contributed by atoms with E-state index in [4.69, 9.17) is 8.19 Å². The number of carbonyl (C=O) groups excluding carboxylic acids is 1. The maximum atomic E-state index is 10.9. The third-order valence-corrected chi connectivity index (χ3v) is 3.39. The molecule has 0 atom stereocenters. The van der Waals surface area contributed by atoms with Gasteiger partial charge in [-0.15, -0.1) is 0 Å². The Morgan fingerprint density at radius 2 is 2.07 bits per heavy atom. The van der Waals surface area contributed by atoms with Gasteiger partial charge in [-0.3, -0.25) is 0 Å². The number of nitrogens with one attached hydrogen (secondary N) is 1. The summed E-state index contributed by atoms with van der Waals surface area (Å²) in [4.78, 5) is 10.7. The van der Waals surface area contributed by atoms with Crippen LogP contribution in [0.5, 0.6) is 5.75 Å². The fraction of sp³-hybridized carbons (Fsp3) is 0.125. The van der Waals surface area contributed by atoms with Gasteiger partial charge >= 0.3 is 88.1 Å². The topological polar surface area (TPSA) is 107 Å². The number of amides is 1. The zero-order valence-electron chi connectivity index (χ0n) is 7.76. The van der Waals surface area contributed by atoms with Gasteiger partial charge in [0.2, 0.25) is 0 Å². The number of benzene rings is 1. The number of hydrogen-bond donors (Lipinski definition) is 4. The van der Waals surface area contributed by atoms with Crippen molar-refractivity contribution in [2.24, 2.45) is 0 Å². The minimum atomic E-state index is -5.04. The van der Waals surface area contributed by atoms with Crippen LogP contribution in [0.4, 0.5) is 5.69 Å². The van der Waals surface area contributed by atoms with Crippen LogP contribution in [0.15, 0.2) is 12.1 Å². The van der Waals surface area contributed by atoms with Crippen molar-refractivity contribution >= 4 is 30.1 Å². The molecule has 0 aromatic heterocycles. The molecule has 0 unspecified atom stereocenters. The van der Waals surface area contributed by atoms with Crippen LogP contribution in [0.1, 0.15) is 6.92 Å². The average molecular weight is 274 g/mol. The van der Waals surface area contributed by atoms with Crippen molar-refractivity contribution in [1.29, 1.82) is 0 Å². The molecule has 1 aromatic carbocycles. The van der Waals surface area contributed by atoms with Gasteiger partial charge in [0.25, 0.3) is 0 Å². The number of phenols is 1. The Balaban J connectivity index is 3.17. The van der Waals surface area contributed by atoms with Crippen molar-refractivity contribution in [1.82, 2.24) is 0 Å². The van der Waals surface area contributed by atoms with E-state index in [1.165, 1.54) is 6.92 Å². The summed E-state index contributed by atoms with van der Waals surface area (Å²) in [6.07, 6.45) is 0. The third-order valence-electron chi connectivity index (χ3n) is 1.52. The van der Waals surface area contributed by atoms with Crippen LogP contribution in [-0.2, 0) is 8.53 Å². The first kappa shape index (κ1) is 11.8. The van der Waals surface area contributed by atoms with Crippen LogP contribution in [0.2, 0.25) is 0 Å². The van der Waals surface area contributed by atoms with E-state index in [0.717, 1.165) is 12.1 Å². The van der Waals surface area contributed by atoms with Crippen molar-refractivity contribution < 1.29 is 21.8 Å². The number of carbonyl (C=O) groups is 1. The fourth-order valence-corrected chi connectivity index (χ4v) is 2.02. The summed E-state index contributed by atoms with van der Waals surface area (Å²) in [5.74, 6) is -0.755. The Morgan fingerprint density at radius 3 is 2.53 bits per heavy atom. The van der Waals surface area contributed by atoms with Crippen molar-refractivity contribution in [3.05, 3.63) is 18.2 Å². The van der Waals surface area contributed by atoms with Crippen LogP contribution in [0.3, 0.4) is 0 Å². The van der Waals surface area contributed by atoms with E-state index >= 15 is 0 Å². The molecule has 1 rings (SSSR count). The molecule has 7 heteroatoms. The summed E-state index contributed by atoms with van der Waals surface area (Å²) in [5, 5.41) is 11.5. The summed E-state index contributed by atoms with van der Waals surface area (Å²) >= 11 is -5.04. The molecule has 1 aromatic rings. The average Bonchev–Trinajstić information content (AvgIpc) is 2.06. The summed E-state index contributed by atoms with van der Waals surface area (Å²) in [5.41, 5.74) is -0.135. The quantitative estimate of drug-likeness (QED) is 0.396. The molecule has 0 aliphatic rings. The summed E-state index contributed by atoms with van der Waals surface area (Å²) in [6.45, 7) is 1.21. The number of anilines is 1. The van der Waals surface area contributed by atoms with Gasteiger partial charge in [-0.2, -0.15) is 0 Å². The molecule has 6 nitrogen and oxygen atoms in total. The first-order valence-corrected chi connectivity index (χ1v) is 7.28. The van der Waals surface area contributed by atoms with Gasteiger partial charge < -0.3 is 0 Å². The molecule has 0 saturated heterocycles. The van der Waals surface area contributed by atoms with Crippen LogP contribution in [-0.4, -0.2) is 33.4 Å². The van der Waals surface area contributed by atoms with Crippen molar-refractivity contribution in [2.75, 3.05) is 5.32 Å². The third kappa shape index (κ3) is 3.12. The summed E-state index contributed by atoms with van der Waals surface area (Å²) in [7, 11) is 0. The van der Waals surface area contributed by atoms with Crippen LogP contribution in [0.25, 0.3) is 0 Å². The molecule has 0 aliphatic carbocycles. The van der Waals surface area contributed by atoms with Gasteiger partial charge in [0.15, 0.2) is 0 Å². The first-order valence-electron chi connectivity index (χ1n) is 3.89. The Hall–Kier alpha value is -1.23. The maximum absolute atomic E-state index is 10.9. The van der Waals surface area contributed by atoms with Gasteiger partial charge in [0.1, 0.15) is 0 Å². The molecule has 0 heterocycles. The molecule has 0 bridgehead atoms. The fourth-order valence-electron chi connectivity index (χ4n) is 0.916. The van der Waals surface area contributed by atoms with Gasteiger partial charge in [-0.05, 0) is 0 Å². The Bertz CT molecular complexity index is 439. The second kappa shape index (κ2) is 4.10. The molecule has 0 spiro atoms. The Morgan fingerprint density at radius 1 is 1.47 bits per heavy atom. The molecule has 1 radical (unpaired) electrons. The van der Waals surface area contributed by atoms with Gasteiger partial charge in [0.05, 0.1) is 0 Å². The number of hydrogen-bond acceptors (Lipinski definition) is 3. The normalized spacial score (nSPS) is 11.1. The molecule has 0 fully saturated rings. The molecule has 1 amide bonds. The SMILES string of the molecule is CC(=O)Nc1[c]c([As](=O)(O)O)ccc1O. The van der Waals surface area contributed by atoms with E-state index in [9.17, 15) is 13.6 Å². The van der Waals surface area contributed by atoms with Gasteiger partial charge in [-0.25, -0.2) is 0 Å². The monoisotopic (exact) mass is 274 g/mol. The van der Waals surface area contributed by atoms with Gasteiger partial charge in [-0.1, -0.05) is 0 Å². The van der Waals surface area contributed by atoms with E-state index in [2.05, 4.69) is 11.4 Å². The standard InChI is InChI=1S/C8H9AsNO5/c1-5(11)10-7-4-6(9(13,14)15)2-3-8(7)12/h2-3,12H,1H3,(H,10,11)(H2,13,14,15). The van der Waals surface area contributed by atoms with E-state index < -0.39 is 20.1 Å². The van der Waals surface area contributed by atoms with E-state index in [-0.39, 0.29) is 15.8 Å². The number of aromatic hydroxyl groups is 1. The van der Waals surface area contributed by atoms with E-state index in [1.807, 2.05) is 0 Å². The first-order chi connectivity index (χ1) is 6.80. The second-order valence-electron chi connectivity index (χ2n) is 2.83. The molecule has 4 N–H and O–H groups in total. The van der Waals surface area contributed by atoms with E-state index in [1.54, 1.807) is 0 Å². The van der Waals surface area contributed by atoms with Crippen LogP contribution in [0, 0.1) is 6.07 Å². The number of phenolic OH excluding ortho intramolecular Hbond substituents is 1.